The molecule has 0 aromatic heterocycles. The average Bonchev–Trinajstić information content (AvgIpc) is 2.26. The van der Waals surface area contributed by atoms with Crippen LogP contribution in [0.15, 0.2) is 0 Å². The summed E-state index contributed by atoms with van der Waals surface area (Å²) in [6, 6.07) is 0. The summed E-state index contributed by atoms with van der Waals surface area (Å²) in [7, 11) is 2.13. The normalized spacial score (nSPS) is 28.5. The molecular weight excluding hydrogens is 216 g/mol. The van der Waals surface area contributed by atoms with Crippen molar-refractivity contribution in [2.24, 2.45) is 11.3 Å². The number of carbonyl (C=O) groups excluding carboxylic acids is 1. The zero-order chi connectivity index (χ0) is 12.3. The number of carbonyl (C=O) groups is 1. The first kappa shape index (κ1) is 12.8. The minimum atomic E-state index is -0.444. The van der Waals surface area contributed by atoms with Gasteiger partial charge in [0.25, 0.3) is 0 Å². The molecule has 1 aliphatic heterocycles. The van der Waals surface area contributed by atoms with E-state index in [4.69, 9.17) is 0 Å². The predicted molar refractivity (Wildman–Crippen MR) is 66.6 cm³/mol. The summed E-state index contributed by atoms with van der Waals surface area (Å²) in [5.41, 5.74) is -0.444. The summed E-state index contributed by atoms with van der Waals surface area (Å²) < 4.78 is 0. The molecule has 1 saturated carbocycles. The highest BCUT2D eigenvalue weighted by molar-refractivity contribution is 5.83. The van der Waals surface area contributed by atoms with E-state index < -0.39 is 5.41 Å². The molecule has 1 saturated heterocycles. The molecule has 2 N–H and O–H groups in total. The lowest BCUT2D eigenvalue weighted by Crippen LogP contribution is -2.50. The van der Waals surface area contributed by atoms with Crippen LogP contribution in [-0.4, -0.2) is 49.2 Å². The molecule has 2 aliphatic rings. The number of likely N-dealkylation sites (tertiary alicyclic amines) is 1. The van der Waals surface area contributed by atoms with Gasteiger partial charge in [-0.05, 0) is 45.2 Å². The van der Waals surface area contributed by atoms with E-state index in [2.05, 4.69) is 17.3 Å². The van der Waals surface area contributed by atoms with E-state index in [-0.39, 0.29) is 12.5 Å². The number of aliphatic hydroxyl groups is 1. The highest BCUT2D eigenvalue weighted by Crippen LogP contribution is 2.40. The molecule has 4 nitrogen and oxygen atoms in total. The highest BCUT2D eigenvalue weighted by atomic mass is 16.3. The van der Waals surface area contributed by atoms with Crippen LogP contribution < -0.4 is 5.32 Å². The number of piperidine rings is 1. The van der Waals surface area contributed by atoms with E-state index >= 15 is 0 Å². The molecule has 17 heavy (non-hydrogen) atoms. The Bertz CT molecular complexity index is 271. The van der Waals surface area contributed by atoms with Crippen LogP contribution in [-0.2, 0) is 4.79 Å². The molecule has 0 bridgehead atoms. The van der Waals surface area contributed by atoms with Crippen LogP contribution in [0.2, 0.25) is 0 Å². The van der Waals surface area contributed by atoms with Gasteiger partial charge < -0.3 is 15.3 Å². The quantitative estimate of drug-likeness (QED) is 0.757. The van der Waals surface area contributed by atoms with E-state index in [0.717, 1.165) is 32.4 Å². The molecule has 1 unspecified atom stereocenters. The summed E-state index contributed by atoms with van der Waals surface area (Å²) in [4.78, 5) is 14.3. The fraction of sp³-hybridized carbons (Fsp3) is 0.923. The third kappa shape index (κ3) is 2.80. The third-order valence-corrected chi connectivity index (χ3v) is 4.37. The molecule has 1 amide bonds. The summed E-state index contributed by atoms with van der Waals surface area (Å²) >= 11 is 0. The fourth-order valence-electron chi connectivity index (χ4n) is 2.92. The van der Waals surface area contributed by atoms with Gasteiger partial charge in [0.1, 0.15) is 0 Å². The predicted octanol–water partition coefficient (Wildman–Crippen LogP) is 0.607. The van der Waals surface area contributed by atoms with Crippen molar-refractivity contribution in [3.63, 3.8) is 0 Å². The molecule has 4 heteroatoms. The second-order valence-corrected chi connectivity index (χ2v) is 5.77. The first-order chi connectivity index (χ1) is 8.16. The highest BCUT2D eigenvalue weighted by Gasteiger charge is 2.43. The lowest BCUT2D eigenvalue weighted by molar-refractivity contribution is -0.139. The molecule has 0 spiro atoms. The number of nitrogens with one attached hydrogen (secondary N) is 1. The minimum absolute atomic E-state index is 0.00338. The van der Waals surface area contributed by atoms with Gasteiger partial charge in [-0.25, -0.2) is 0 Å². The molecule has 98 valence electrons. The number of nitrogens with zero attached hydrogens (tertiary/aromatic N) is 1. The molecule has 2 rings (SSSR count). The Balaban J connectivity index is 1.75. The number of aliphatic hydroxyl groups excluding tert-OH is 1. The molecule has 1 aliphatic carbocycles. The molecule has 1 atom stereocenters. The minimum Gasteiger partial charge on any atom is -0.395 e. The maximum absolute atomic E-state index is 12.0. The van der Waals surface area contributed by atoms with Crippen molar-refractivity contribution in [1.82, 2.24) is 10.2 Å². The number of hydrogen-bond donors (Lipinski definition) is 2. The smallest absolute Gasteiger partial charge is 0.228 e. The lowest BCUT2D eigenvalue weighted by Gasteiger charge is -2.39. The number of hydrogen-bond acceptors (Lipinski definition) is 3. The van der Waals surface area contributed by atoms with Gasteiger partial charge in [-0.1, -0.05) is 6.42 Å². The van der Waals surface area contributed by atoms with Crippen LogP contribution >= 0.6 is 0 Å². The van der Waals surface area contributed by atoms with E-state index in [1.807, 2.05) is 0 Å². The van der Waals surface area contributed by atoms with Gasteiger partial charge in [-0.15, -0.1) is 0 Å². The number of amides is 1. The van der Waals surface area contributed by atoms with Gasteiger partial charge in [0, 0.05) is 13.1 Å². The lowest BCUT2D eigenvalue weighted by atomic mass is 9.68. The molecular formula is C13H24N2O2. The summed E-state index contributed by atoms with van der Waals surface area (Å²) in [5.74, 6) is 0.646. The maximum atomic E-state index is 12.0. The van der Waals surface area contributed by atoms with Gasteiger partial charge in [-0.3, -0.25) is 4.79 Å². The van der Waals surface area contributed by atoms with Gasteiger partial charge in [-0.2, -0.15) is 0 Å². The molecule has 0 aromatic rings. The third-order valence-electron chi connectivity index (χ3n) is 4.37. The van der Waals surface area contributed by atoms with Crippen LogP contribution in [0.5, 0.6) is 0 Å². The van der Waals surface area contributed by atoms with Crippen LogP contribution in [0.1, 0.15) is 32.1 Å². The first-order valence-electron chi connectivity index (χ1n) is 6.74. The van der Waals surface area contributed by atoms with Crippen molar-refractivity contribution in [2.45, 2.75) is 32.1 Å². The molecule has 0 aromatic carbocycles. The Kier molecular flexibility index (Phi) is 4.05. The van der Waals surface area contributed by atoms with Gasteiger partial charge in [0.2, 0.25) is 5.91 Å². The van der Waals surface area contributed by atoms with E-state index in [0.29, 0.717) is 5.92 Å². The summed E-state index contributed by atoms with van der Waals surface area (Å²) in [6.07, 6.45) is 5.19. The van der Waals surface area contributed by atoms with E-state index in [1.54, 1.807) is 0 Å². The van der Waals surface area contributed by atoms with Crippen LogP contribution in [0, 0.1) is 11.3 Å². The Morgan fingerprint density at radius 2 is 2.24 bits per heavy atom. The average molecular weight is 240 g/mol. The van der Waals surface area contributed by atoms with Gasteiger partial charge in [0.05, 0.1) is 12.0 Å². The van der Waals surface area contributed by atoms with E-state index in [1.165, 1.54) is 19.4 Å². The Labute approximate surface area is 103 Å². The molecule has 1 heterocycles. The fourth-order valence-corrected chi connectivity index (χ4v) is 2.92. The van der Waals surface area contributed by atoms with Gasteiger partial charge >= 0.3 is 0 Å². The summed E-state index contributed by atoms with van der Waals surface area (Å²) in [5, 5.41) is 12.4. The molecule has 2 fully saturated rings. The van der Waals surface area contributed by atoms with Crippen molar-refractivity contribution < 1.29 is 9.90 Å². The van der Waals surface area contributed by atoms with Crippen LogP contribution in [0.4, 0.5) is 0 Å². The number of rotatable bonds is 4. The van der Waals surface area contributed by atoms with Gasteiger partial charge in [0.15, 0.2) is 0 Å². The Morgan fingerprint density at radius 1 is 1.47 bits per heavy atom. The molecule has 0 radical (unpaired) electrons. The second kappa shape index (κ2) is 5.36. The largest absolute Gasteiger partial charge is 0.395 e. The standard InChI is InChI=1S/C13H24N2O2/c1-15-7-2-4-11(9-15)8-14-12(17)13(10-16)5-3-6-13/h11,16H,2-10H2,1H3,(H,14,17). The SMILES string of the molecule is CN1CCCC(CNC(=O)C2(CO)CCC2)C1. The van der Waals surface area contributed by atoms with Crippen molar-refractivity contribution in [3.05, 3.63) is 0 Å². The zero-order valence-corrected chi connectivity index (χ0v) is 10.7. The first-order valence-corrected chi connectivity index (χ1v) is 6.74. The van der Waals surface area contributed by atoms with Crippen LogP contribution in [0.3, 0.4) is 0 Å². The monoisotopic (exact) mass is 240 g/mol. The van der Waals surface area contributed by atoms with Crippen molar-refractivity contribution in [1.29, 1.82) is 0 Å². The topological polar surface area (TPSA) is 52.6 Å². The van der Waals surface area contributed by atoms with E-state index in [9.17, 15) is 9.90 Å². The van der Waals surface area contributed by atoms with Crippen LogP contribution in [0.25, 0.3) is 0 Å². The summed E-state index contributed by atoms with van der Waals surface area (Å²) in [6.45, 7) is 3.02. The zero-order valence-electron chi connectivity index (χ0n) is 10.7. The Morgan fingerprint density at radius 3 is 2.76 bits per heavy atom. The Hall–Kier alpha value is -0.610. The van der Waals surface area contributed by atoms with Crippen molar-refractivity contribution in [2.75, 3.05) is 33.3 Å². The van der Waals surface area contributed by atoms with Crippen molar-refractivity contribution >= 4 is 5.91 Å². The second-order valence-electron chi connectivity index (χ2n) is 5.77. The van der Waals surface area contributed by atoms with Crippen molar-refractivity contribution in [3.8, 4) is 0 Å². The maximum Gasteiger partial charge on any atom is 0.228 e.